The predicted molar refractivity (Wildman–Crippen MR) is 97.8 cm³/mol. The fraction of sp³-hybridized carbons (Fsp3) is 0.300. The molecule has 1 aliphatic rings. The van der Waals surface area contributed by atoms with Gasteiger partial charge in [-0.2, -0.15) is 0 Å². The molecule has 0 saturated carbocycles. The molecule has 132 valence electrons. The van der Waals surface area contributed by atoms with Crippen LogP contribution in [-0.2, 0) is 6.54 Å². The Morgan fingerprint density at radius 3 is 2.77 bits per heavy atom. The summed E-state index contributed by atoms with van der Waals surface area (Å²) < 4.78 is 5.78. The van der Waals surface area contributed by atoms with E-state index in [0.717, 1.165) is 38.2 Å². The Labute approximate surface area is 152 Å². The Morgan fingerprint density at radius 2 is 1.92 bits per heavy atom. The molecule has 6 heteroatoms. The number of ether oxygens (including phenoxy) is 1. The van der Waals surface area contributed by atoms with Crippen molar-refractivity contribution in [3.8, 4) is 11.6 Å². The van der Waals surface area contributed by atoms with Crippen molar-refractivity contribution in [2.75, 3.05) is 13.1 Å². The molecule has 1 unspecified atom stereocenters. The Bertz CT molecular complexity index is 828. The SMILES string of the molecule is c1cncc(Oc2cncc(C3CCCN(Cc4ccncc4)C3)n2)c1. The van der Waals surface area contributed by atoms with Gasteiger partial charge in [-0.05, 0) is 49.2 Å². The summed E-state index contributed by atoms with van der Waals surface area (Å²) in [4.78, 5) is 19.6. The number of piperidine rings is 1. The largest absolute Gasteiger partial charge is 0.436 e. The van der Waals surface area contributed by atoms with Crippen molar-refractivity contribution in [3.05, 3.63) is 72.7 Å². The number of likely N-dealkylation sites (tertiary alicyclic amines) is 1. The zero-order valence-electron chi connectivity index (χ0n) is 14.5. The lowest BCUT2D eigenvalue weighted by molar-refractivity contribution is 0.198. The maximum absolute atomic E-state index is 5.78. The van der Waals surface area contributed by atoms with Crippen LogP contribution in [0.4, 0.5) is 0 Å². The molecule has 4 heterocycles. The van der Waals surface area contributed by atoms with Crippen LogP contribution in [0.2, 0.25) is 0 Å². The van der Waals surface area contributed by atoms with Crippen LogP contribution in [-0.4, -0.2) is 37.9 Å². The van der Waals surface area contributed by atoms with E-state index in [1.54, 1.807) is 18.6 Å². The van der Waals surface area contributed by atoms with E-state index in [-0.39, 0.29) is 0 Å². The van der Waals surface area contributed by atoms with E-state index < -0.39 is 0 Å². The van der Waals surface area contributed by atoms with E-state index in [1.165, 1.54) is 5.56 Å². The minimum absolute atomic E-state index is 0.371. The molecule has 0 aliphatic carbocycles. The monoisotopic (exact) mass is 347 g/mol. The first kappa shape index (κ1) is 16.6. The first-order valence-corrected chi connectivity index (χ1v) is 8.88. The van der Waals surface area contributed by atoms with Crippen LogP contribution in [0, 0.1) is 0 Å². The highest BCUT2D eigenvalue weighted by Crippen LogP contribution is 2.28. The van der Waals surface area contributed by atoms with Gasteiger partial charge in [-0.1, -0.05) is 0 Å². The first-order valence-electron chi connectivity index (χ1n) is 8.88. The second-order valence-electron chi connectivity index (χ2n) is 6.50. The van der Waals surface area contributed by atoms with Gasteiger partial charge in [0.2, 0.25) is 5.88 Å². The van der Waals surface area contributed by atoms with Crippen LogP contribution in [0.3, 0.4) is 0 Å². The Kier molecular flexibility index (Phi) is 5.12. The zero-order chi connectivity index (χ0) is 17.6. The third kappa shape index (κ3) is 4.21. The Morgan fingerprint density at radius 1 is 1.00 bits per heavy atom. The average Bonchev–Trinajstić information content (AvgIpc) is 2.70. The highest BCUT2D eigenvalue weighted by molar-refractivity contribution is 5.23. The topological polar surface area (TPSA) is 64.0 Å². The first-order chi connectivity index (χ1) is 12.9. The smallest absolute Gasteiger partial charge is 0.238 e. The van der Waals surface area contributed by atoms with E-state index in [0.29, 0.717) is 17.5 Å². The van der Waals surface area contributed by atoms with Crippen LogP contribution in [0.15, 0.2) is 61.4 Å². The molecule has 6 nitrogen and oxygen atoms in total. The molecule has 3 aromatic rings. The molecule has 1 atom stereocenters. The standard InChI is InChI=1S/C20H21N5O/c1-4-18(11-22-7-1)26-20-13-23-12-19(24-20)17-3-2-10-25(15-17)14-16-5-8-21-9-6-16/h1,4-9,11-13,17H,2-3,10,14-15H2. The van der Waals surface area contributed by atoms with E-state index in [2.05, 4.69) is 37.0 Å². The van der Waals surface area contributed by atoms with Crippen molar-refractivity contribution in [1.29, 1.82) is 0 Å². The van der Waals surface area contributed by atoms with E-state index in [9.17, 15) is 0 Å². The number of hydrogen-bond acceptors (Lipinski definition) is 6. The Balaban J connectivity index is 1.44. The number of nitrogens with zero attached hydrogens (tertiary/aromatic N) is 5. The third-order valence-electron chi connectivity index (χ3n) is 4.57. The number of pyridine rings is 2. The van der Waals surface area contributed by atoms with Crippen molar-refractivity contribution in [2.24, 2.45) is 0 Å². The summed E-state index contributed by atoms with van der Waals surface area (Å²) >= 11 is 0. The molecule has 0 bridgehead atoms. The molecule has 0 aromatic carbocycles. The van der Waals surface area contributed by atoms with Crippen molar-refractivity contribution in [2.45, 2.75) is 25.3 Å². The lowest BCUT2D eigenvalue weighted by Gasteiger charge is -2.32. The minimum Gasteiger partial charge on any atom is -0.436 e. The van der Waals surface area contributed by atoms with Gasteiger partial charge in [-0.25, -0.2) is 4.98 Å². The van der Waals surface area contributed by atoms with Gasteiger partial charge < -0.3 is 4.74 Å². The number of aromatic nitrogens is 4. The summed E-state index contributed by atoms with van der Waals surface area (Å²) in [5.41, 5.74) is 2.28. The average molecular weight is 347 g/mol. The maximum atomic E-state index is 5.78. The summed E-state index contributed by atoms with van der Waals surface area (Å²) in [6, 6.07) is 7.85. The maximum Gasteiger partial charge on any atom is 0.238 e. The predicted octanol–water partition coefficient (Wildman–Crippen LogP) is 3.44. The van der Waals surface area contributed by atoms with Gasteiger partial charge in [-0.3, -0.25) is 19.9 Å². The second-order valence-corrected chi connectivity index (χ2v) is 6.50. The number of rotatable bonds is 5. The molecule has 3 aromatic heterocycles. The van der Waals surface area contributed by atoms with Crippen molar-refractivity contribution in [1.82, 2.24) is 24.8 Å². The Hall–Kier alpha value is -2.86. The lowest BCUT2D eigenvalue weighted by Crippen LogP contribution is -2.34. The normalized spacial score (nSPS) is 17.8. The third-order valence-corrected chi connectivity index (χ3v) is 4.57. The summed E-state index contributed by atoms with van der Waals surface area (Å²) in [5, 5.41) is 0. The fourth-order valence-electron chi connectivity index (χ4n) is 3.32. The molecular formula is C20H21N5O. The summed E-state index contributed by atoms with van der Waals surface area (Å²) in [6.45, 7) is 3.03. The fourth-order valence-corrected chi connectivity index (χ4v) is 3.32. The van der Waals surface area contributed by atoms with E-state index in [1.807, 2.05) is 30.7 Å². The van der Waals surface area contributed by atoms with Gasteiger partial charge in [0.05, 0.1) is 18.1 Å². The van der Waals surface area contributed by atoms with Crippen molar-refractivity contribution < 1.29 is 4.74 Å². The van der Waals surface area contributed by atoms with Gasteiger partial charge in [0.15, 0.2) is 0 Å². The van der Waals surface area contributed by atoms with Crippen LogP contribution < -0.4 is 4.74 Å². The molecule has 0 spiro atoms. The van der Waals surface area contributed by atoms with Crippen LogP contribution in [0.25, 0.3) is 0 Å². The molecule has 4 rings (SSSR count). The quantitative estimate of drug-likeness (QED) is 0.704. The molecule has 0 radical (unpaired) electrons. The van der Waals surface area contributed by atoms with Gasteiger partial charge in [-0.15, -0.1) is 0 Å². The summed E-state index contributed by atoms with van der Waals surface area (Å²) in [7, 11) is 0. The van der Waals surface area contributed by atoms with Crippen LogP contribution in [0.1, 0.15) is 30.0 Å². The summed E-state index contributed by atoms with van der Waals surface area (Å²) in [5.74, 6) is 1.55. The lowest BCUT2D eigenvalue weighted by atomic mass is 9.94. The van der Waals surface area contributed by atoms with Gasteiger partial charge >= 0.3 is 0 Å². The molecule has 0 amide bonds. The zero-order valence-corrected chi connectivity index (χ0v) is 14.5. The molecule has 26 heavy (non-hydrogen) atoms. The minimum atomic E-state index is 0.371. The number of hydrogen-bond donors (Lipinski definition) is 0. The molecule has 1 saturated heterocycles. The van der Waals surface area contributed by atoms with Gasteiger partial charge in [0, 0.05) is 43.8 Å². The molecule has 1 fully saturated rings. The van der Waals surface area contributed by atoms with Crippen molar-refractivity contribution >= 4 is 0 Å². The van der Waals surface area contributed by atoms with Gasteiger partial charge in [0.1, 0.15) is 5.75 Å². The molecule has 1 aliphatic heterocycles. The van der Waals surface area contributed by atoms with Gasteiger partial charge in [0.25, 0.3) is 0 Å². The van der Waals surface area contributed by atoms with Crippen molar-refractivity contribution in [3.63, 3.8) is 0 Å². The van der Waals surface area contributed by atoms with Crippen LogP contribution in [0.5, 0.6) is 11.6 Å². The second kappa shape index (κ2) is 8.01. The van der Waals surface area contributed by atoms with Crippen LogP contribution >= 0.6 is 0 Å². The molecular weight excluding hydrogens is 326 g/mol. The highest BCUT2D eigenvalue weighted by Gasteiger charge is 2.23. The van der Waals surface area contributed by atoms with E-state index in [4.69, 9.17) is 4.74 Å². The highest BCUT2D eigenvalue weighted by atomic mass is 16.5. The van der Waals surface area contributed by atoms with E-state index >= 15 is 0 Å². The summed E-state index contributed by atoms with van der Waals surface area (Å²) in [6.07, 6.45) is 12.9. The molecule has 0 N–H and O–H groups in total.